The summed E-state index contributed by atoms with van der Waals surface area (Å²) in [4.78, 5) is 34.6. The Labute approximate surface area is 201 Å². The Hall–Kier alpha value is -2.32. The SMILES string of the molecule is O=C(S)[C@H](Cc1cnc[nH]1)NC[C@H]1C[C@@H]2CCCC[C@H]2CN1C(=O)CCNc1ccccc1. The molecule has 2 fully saturated rings. The maximum absolute atomic E-state index is 13.3. The lowest BCUT2D eigenvalue weighted by Gasteiger charge is -2.46. The number of anilines is 1. The van der Waals surface area contributed by atoms with E-state index in [-0.39, 0.29) is 17.1 Å². The molecule has 1 aromatic carbocycles. The predicted octanol–water partition coefficient (Wildman–Crippen LogP) is 3.28. The van der Waals surface area contributed by atoms with Gasteiger partial charge in [0, 0.05) is 56.1 Å². The number of imidazole rings is 1. The number of likely N-dealkylation sites (tertiary alicyclic amines) is 1. The fourth-order valence-corrected chi connectivity index (χ4v) is 5.55. The molecule has 3 N–H and O–H groups in total. The van der Waals surface area contributed by atoms with Crippen molar-refractivity contribution in [1.29, 1.82) is 0 Å². The third-order valence-corrected chi connectivity index (χ3v) is 7.46. The number of thiol groups is 1. The summed E-state index contributed by atoms with van der Waals surface area (Å²) in [5.74, 6) is 1.47. The molecule has 33 heavy (non-hydrogen) atoms. The molecule has 1 aliphatic heterocycles. The summed E-state index contributed by atoms with van der Waals surface area (Å²) in [6.45, 7) is 2.05. The van der Waals surface area contributed by atoms with Crippen LogP contribution >= 0.6 is 12.6 Å². The summed E-state index contributed by atoms with van der Waals surface area (Å²) >= 11 is 4.10. The number of fused-ring (bicyclic) bond motifs is 1. The molecule has 178 valence electrons. The van der Waals surface area contributed by atoms with Crippen molar-refractivity contribution in [1.82, 2.24) is 20.2 Å². The molecule has 1 saturated heterocycles. The topological polar surface area (TPSA) is 90.1 Å². The summed E-state index contributed by atoms with van der Waals surface area (Å²) in [6.07, 6.45) is 10.3. The zero-order valence-corrected chi connectivity index (χ0v) is 20.0. The summed E-state index contributed by atoms with van der Waals surface area (Å²) in [5.41, 5.74) is 1.93. The number of carbonyl (C=O) groups excluding carboxylic acids is 2. The first kappa shape index (κ1) is 23.8. The minimum Gasteiger partial charge on any atom is -0.385 e. The van der Waals surface area contributed by atoms with Crippen LogP contribution in [0.4, 0.5) is 5.69 Å². The molecule has 4 atom stereocenters. The molecule has 0 radical (unpaired) electrons. The molecule has 1 aliphatic carbocycles. The number of aromatic amines is 1. The maximum atomic E-state index is 13.3. The molecule has 1 aromatic heterocycles. The van der Waals surface area contributed by atoms with Crippen LogP contribution < -0.4 is 10.6 Å². The number of para-hydroxylation sites is 1. The molecule has 2 heterocycles. The molecule has 2 aromatic rings. The number of benzene rings is 1. The average molecular weight is 470 g/mol. The van der Waals surface area contributed by atoms with Gasteiger partial charge >= 0.3 is 0 Å². The third-order valence-electron chi connectivity index (χ3n) is 7.15. The van der Waals surface area contributed by atoms with Gasteiger partial charge in [-0.25, -0.2) is 4.98 Å². The van der Waals surface area contributed by atoms with E-state index in [9.17, 15) is 9.59 Å². The van der Waals surface area contributed by atoms with Crippen LogP contribution in [-0.4, -0.2) is 57.6 Å². The van der Waals surface area contributed by atoms with Crippen molar-refractivity contribution in [2.45, 2.75) is 57.0 Å². The number of piperidine rings is 1. The van der Waals surface area contributed by atoms with Gasteiger partial charge in [0.15, 0.2) is 0 Å². The van der Waals surface area contributed by atoms with E-state index in [0.717, 1.165) is 24.3 Å². The lowest BCUT2D eigenvalue weighted by atomic mass is 9.73. The molecule has 0 unspecified atom stereocenters. The number of carbonyl (C=O) groups is 2. The van der Waals surface area contributed by atoms with E-state index >= 15 is 0 Å². The van der Waals surface area contributed by atoms with E-state index in [2.05, 4.69) is 38.1 Å². The van der Waals surface area contributed by atoms with Crippen LogP contribution in [0.15, 0.2) is 42.9 Å². The van der Waals surface area contributed by atoms with Crippen LogP contribution in [0.5, 0.6) is 0 Å². The summed E-state index contributed by atoms with van der Waals surface area (Å²) in [5, 5.41) is 6.56. The van der Waals surface area contributed by atoms with E-state index in [4.69, 9.17) is 0 Å². The average Bonchev–Trinajstić information content (AvgIpc) is 3.35. The number of H-pyrrole nitrogens is 1. The number of rotatable bonds is 10. The third kappa shape index (κ3) is 6.60. The molecular formula is C25H35N5O2S. The van der Waals surface area contributed by atoms with Gasteiger partial charge in [0.05, 0.1) is 12.4 Å². The minimum atomic E-state index is -0.408. The molecular weight excluding hydrogens is 434 g/mol. The summed E-state index contributed by atoms with van der Waals surface area (Å²) in [6, 6.07) is 9.68. The second kappa shape index (κ2) is 11.7. The highest BCUT2D eigenvalue weighted by molar-refractivity contribution is 7.96. The highest BCUT2D eigenvalue weighted by atomic mass is 32.1. The van der Waals surface area contributed by atoms with Crippen LogP contribution in [-0.2, 0) is 16.0 Å². The summed E-state index contributed by atoms with van der Waals surface area (Å²) in [7, 11) is 0. The van der Waals surface area contributed by atoms with Gasteiger partial charge in [-0.1, -0.05) is 37.5 Å². The van der Waals surface area contributed by atoms with E-state index in [1.807, 2.05) is 30.3 Å². The smallest absolute Gasteiger partial charge is 0.224 e. The molecule has 7 nitrogen and oxygen atoms in total. The Balaban J connectivity index is 1.37. The van der Waals surface area contributed by atoms with Crippen molar-refractivity contribution in [3.05, 3.63) is 48.5 Å². The number of hydrogen-bond acceptors (Lipinski definition) is 5. The Morgan fingerprint density at radius 2 is 1.97 bits per heavy atom. The number of nitrogens with zero attached hydrogens (tertiary/aromatic N) is 2. The Morgan fingerprint density at radius 3 is 2.70 bits per heavy atom. The Kier molecular flexibility index (Phi) is 8.45. The molecule has 1 amide bonds. The first-order valence-corrected chi connectivity index (χ1v) is 12.6. The fourth-order valence-electron chi connectivity index (χ4n) is 5.37. The molecule has 2 aliphatic rings. The molecule has 8 heteroatoms. The van der Waals surface area contributed by atoms with Crippen molar-refractivity contribution in [2.24, 2.45) is 11.8 Å². The maximum Gasteiger partial charge on any atom is 0.224 e. The van der Waals surface area contributed by atoms with Crippen LogP contribution in [0, 0.1) is 11.8 Å². The normalized spacial score (nSPS) is 23.5. The van der Waals surface area contributed by atoms with Gasteiger partial charge in [-0.05, 0) is 36.8 Å². The van der Waals surface area contributed by atoms with E-state index in [0.29, 0.717) is 37.8 Å². The molecule has 1 saturated carbocycles. The van der Waals surface area contributed by atoms with E-state index in [1.54, 1.807) is 12.5 Å². The number of aromatic nitrogens is 2. The van der Waals surface area contributed by atoms with Crippen molar-refractivity contribution >= 4 is 29.3 Å². The second-order valence-electron chi connectivity index (χ2n) is 9.36. The van der Waals surface area contributed by atoms with Gasteiger partial charge in [-0.2, -0.15) is 0 Å². The lowest BCUT2D eigenvalue weighted by Crippen LogP contribution is -2.56. The Bertz CT molecular complexity index is 891. The van der Waals surface area contributed by atoms with Gasteiger partial charge < -0.3 is 20.5 Å². The van der Waals surface area contributed by atoms with Crippen molar-refractivity contribution < 1.29 is 9.59 Å². The monoisotopic (exact) mass is 469 g/mol. The van der Waals surface area contributed by atoms with Crippen molar-refractivity contribution in [3.8, 4) is 0 Å². The van der Waals surface area contributed by atoms with Gasteiger partial charge in [0.1, 0.15) is 0 Å². The molecule has 4 rings (SSSR count). The molecule has 0 spiro atoms. The van der Waals surface area contributed by atoms with Crippen LogP contribution in [0.1, 0.15) is 44.2 Å². The highest BCUT2D eigenvalue weighted by Gasteiger charge is 2.38. The van der Waals surface area contributed by atoms with Crippen LogP contribution in [0.25, 0.3) is 0 Å². The first-order chi connectivity index (χ1) is 16.1. The fraction of sp³-hybridized carbons (Fsp3) is 0.560. The second-order valence-corrected chi connectivity index (χ2v) is 9.80. The molecule has 0 bridgehead atoms. The van der Waals surface area contributed by atoms with E-state index in [1.165, 1.54) is 25.7 Å². The summed E-state index contributed by atoms with van der Waals surface area (Å²) < 4.78 is 0. The van der Waals surface area contributed by atoms with Crippen molar-refractivity contribution in [3.63, 3.8) is 0 Å². The zero-order chi connectivity index (χ0) is 23.0. The van der Waals surface area contributed by atoms with Crippen LogP contribution in [0.3, 0.4) is 0 Å². The first-order valence-electron chi connectivity index (χ1n) is 12.1. The van der Waals surface area contributed by atoms with Gasteiger partial charge in [-0.3, -0.25) is 9.59 Å². The largest absolute Gasteiger partial charge is 0.385 e. The van der Waals surface area contributed by atoms with Gasteiger partial charge in [0.25, 0.3) is 0 Å². The zero-order valence-electron chi connectivity index (χ0n) is 19.1. The van der Waals surface area contributed by atoms with Gasteiger partial charge in [-0.15, -0.1) is 12.6 Å². The highest BCUT2D eigenvalue weighted by Crippen LogP contribution is 2.38. The number of hydrogen-bond donors (Lipinski definition) is 4. The lowest BCUT2D eigenvalue weighted by molar-refractivity contribution is -0.137. The van der Waals surface area contributed by atoms with Gasteiger partial charge in [0.2, 0.25) is 11.0 Å². The predicted molar refractivity (Wildman–Crippen MR) is 133 cm³/mol. The Morgan fingerprint density at radius 1 is 1.18 bits per heavy atom. The number of nitrogens with one attached hydrogen (secondary N) is 3. The van der Waals surface area contributed by atoms with Crippen molar-refractivity contribution in [2.75, 3.05) is 25.0 Å². The number of amides is 1. The van der Waals surface area contributed by atoms with E-state index < -0.39 is 6.04 Å². The quantitative estimate of drug-likeness (QED) is 0.401. The minimum absolute atomic E-state index is 0.102. The van der Waals surface area contributed by atoms with Crippen LogP contribution in [0.2, 0.25) is 0 Å². The standard InChI is InChI=1S/C25H35N5O2S/c31-24(10-11-27-20-8-2-1-3-9-20)30-16-19-7-5-4-6-18(19)12-22(30)15-28-23(25(32)33)13-21-14-26-17-29-21/h1-3,8-9,14,17-19,22-23,27-28H,4-7,10-13,15-16H2,(H,26,29)(H,32,33)/t18-,19-,22+,23-/m0/s1.